The second-order valence-electron chi connectivity index (χ2n) is 6.35. The smallest absolute Gasteiger partial charge is 0.179 e. The van der Waals surface area contributed by atoms with Gasteiger partial charge in [0.05, 0.1) is 17.0 Å². The van der Waals surface area contributed by atoms with Crippen LogP contribution in [-0.2, 0) is 13.0 Å². The molecule has 4 nitrogen and oxygen atoms in total. The standard InChI is InChI=1S/C15H15ClFN3O.C4H10.C2H6/c1-8(21)15-12-5-2-9(6-20(12)7-19-15)13-10(17)3-4-11(18)14(13)16;1-3-4-2;1-2/h3-4,7,9H,2,5-6,18H2,1H3;3-4H2,1-2H3;1-2H3. The quantitative estimate of drug-likeness (QED) is 0.510. The summed E-state index contributed by atoms with van der Waals surface area (Å²) in [5, 5.41) is 0.287. The summed E-state index contributed by atoms with van der Waals surface area (Å²) in [5.74, 6) is -0.451. The summed E-state index contributed by atoms with van der Waals surface area (Å²) in [6, 6.07) is 2.82. The van der Waals surface area contributed by atoms with Crippen LogP contribution in [0.15, 0.2) is 18.5 Å². The summed E-state index contributed by atoms with van der Waals surface area (Å²) in [4.78, 5) is 15.7. The van der Waals surface area contributed by atoms with Crippen molar-refractivity contribution in [2.45, 2.75) is 72.8 Å². The molecular weight excluding hydrogens is 365 g/mol. The Morgan fingerprint density at radius 1 is 1.33 bits per heavy atom. The maximum Gasteiger partial charge on any atom is 0.179 e. The van der Waals surface area contributed by atoms with E-state index in [1.165, 1.54) is 31.9 Å². The summed E-state index contributed by atoms with van der Waals surface area (Å²) in [6.45, 7) is 10.4. The zero-order valence-corrected chi connectivity index (χ0v) is 17.7. The summed E-state index contributed by atoms with van der Waals surface area (Å²) in [5.41, 5.74) is 8.04. The average Bonchev–Trinajstić information content (AvgIpc) is 3.10. The summed E-state index contributed by atoms with van der Waals surface area (Å²) >= 11 is 6.17. The maximum atomic E-state index is 14.1. The normalized spacial score (nSPS) is 15.0. The Bertz CT molecular complexity index is 756. The average molecular weight is 396 g/mol. The molecule has 2 N–H and O–H groups in total. The van der Waals surface area contributed by atoms with E-state index in [1.807, 2.05) is 18.4 Å². The van der Waals surface area contributed by atoms with E-state index in [1.54, 1.807) is 6.33 Å². The van der Waals surface area contributed by atoms with Gasteiger partial charge < -0.3 is 10.3 Å². The van der Waals surface area contributed by atoms with Crippen molar-refractivity contribution in [2.24, 2.45) is 0 Å². The highest BCUT2D eigenvalue weighted by atomic mass is 35.5. The van der Waals surface area contributed by atoms with Gasteiger partial charge in [-0.15, -0.1) is 0 Å². The number of Topliss-reactive ketones (excluding diaryl/α,β-unsaturated/α-hetero) is 1. The van der Waals surface area contributed by atoms with Crippen LogP contribution < -0.4 is 5.73 Å². The van der Waals surface area contributed by atoms with Gasteiger partial charge in [0.25, 0.3) is 0 Å². The molecular formula is C21H31ClFN3O. The second-order valence-corrected chi connectivity index (χ2v) is 6.73. The number of aromatic nitrogens is 2. The number of halogens is 2. The van der Waals surface area contributed by atoms with Crippen LogP contribution >= 0.6 is 11.6 Å². The van der Waals surface area contributed by atoms with Gasteiger partial charge in [-0.2, -0.15) is 0 Å². The molecule has 0 bridgehead atoms. The number of hydrogen-bond donors (Lipinski definition) is 1. The van der Waals surface area contributed by atoms with E-state index in [0.717, 1.165) is 5.69 Å². The van der Waals surface area contributed by atoms with Gasteiger partial charge >= 0.3 is 0 Å². The lowest BCUT2D eigenvalue weighted by Crippen LogP contribution is -2.20. The van der Waals surface area contributed by atoms with Crippen LogP contribution in [0, 0.1) is 5.82 Å². The first kappa shape index (κ1) is 23.2. The van der Waals surface area contributed by atoms with Crippen LogP contribution in [0.2, 0.25) is 5.02 Å². The van der Waals surface area contributed by atoms with E-state index >= 15 is 0 Å². The molecule has 2 aromatic rings. The van der Waals surface area contributed by atoms with Crippen molar-refractivity contribution in [3.63, 3.8) is 0 Å². The fourth-order valence-electron chi connectivity index (χ4n) is 2.96. The Morgan fingerprint density at radius 2 is 1.96 bits per heavy atom. The Morgan fingerprint density at radius 3 is 2.52 bits per heavy atom. The number of imidazole rings is 1. The number of carbonyl (C=O) groups excluding carboxylic acids is 1. The fraction of sp³-hybridized carbons (Fsp3) is 0.524. The van der Waals surface area contributed by atoms with E-state index < -0.39 is 0 Å². The summed E-state index contributed by atoms with van der Waals surface area (Å²) in [7, 11) is 0. The lowest BCUT2D eigenvalue weighted by molar-refractivity contribution is 0.101. The number of rotatable bonds is 3. The van der Waals surface area contributed by atoms with Crippen molar-refractivity contribution in [1.29, 1.82) is 0 Å². The SMILES string of the molecule is CC.CC(=O)c1ncn2c1CCC(c1c(F)ccc(N)c1Cl)C2.CCCC. The van der Waals surface area contributed by atoms with Crippen LogP contribution in [0.4, 0.5) is 10.1 Å². The lowest BCUT2D eigenvalue weighted by Gasteiger charge is -2.26. The third-order valence-electron chi connectivity index (χ3n) is 4.49. The number of nitrogen functional groups attached to an aromatic ring is 1. The van der Waals surface area contributed by atoms with Crippen molar-refractivity contribution in [1.82, 2.24) is 9.55 Å². The molecule has 0 aliphatic carbocycles. The topological polar surface area (TPSA) is 60.9 Å². The molecule has 2 heterocycles. The first-order valence-electron chi connectivity index (χ1n) is 9.68. The molecule has 1 unspecified atom stereocenters. The molecule has 1 aliphatic rings. The van der Waals surface area contributed by atoms with E-state index in [9.17, 15) is 9.18 Å². The molecule has 6 heteroatoms. The molecule has 3 rings (SSSR count). The van der Waals surface area contributed by atoms with Crippen molar-refractivity contribution < 1.29 is 9.18 Å². The second kappa shape index (κ2) is 11.1. The fourth-order valence-corrected chi connectivity index (χ4v) is 3.26. The molecule has 0 saturated carbocycles. The van der Waals surface area contributed by atoms with Gasteiger partial charge in [-0.25, -0.2) is 9.37 Å². The molecule has 0 amide bonds. The monoisotopic (exact) mass is 395 g/mol. The number of anilines is 1. The number of nitrogens with zero attached hydrogens (tertiary/aromatic N) is 2. The van der Waals surface area contributed by atoms with Gasteiger partial charge in [0.1, 0.15) is 11.5 Å². The molecule has 0 fully saturated rings. The minimum Gasteiger partial charge on any atom is -0.398 e. The zero-order valence-electron chi connectivity index (χ0n) is 17.0. The Hall–Kier alpha value is -1.88. The number of fused-ring (bicyclic) bond motifs is 1. The van der Waals surface area contributed by atoms with Crippen LogP contribution in [0.25, 0.3) is 0 Å². The number of hydrogen-bond acceptors (Lipinski definition) is 3. The van der Waals surface area contributed by atoms with Gasteiger partial charge in [-0.05, 0) is 25.0 Å². The number of carbonyl (C=O) groups is 1. The predicted molar refractivity (Wildman–Crippen MR) is 111 cm³/mol. The highest BCUT2D eigenvalue weighted by molar-refractivity contribution is 6.33. The van der Waals surface area contributed by atoms with Crippen LogP contribution in [0.5, 0.6) is 0 Å². The van der Waals surface area contributed by atoms with Gasteiger partial charge in [0, 0.05) is 30.6 Å². The van der Waals surface area contributed by atoms with E-state index in [2.05, 4.69) is 18.8 Å². The maximum absolute atomic E-state index is 14.1. The first-order chi connectivity index (χ1) is 12.9. The van der Waals surface area contributed by atoms with Crippen molar-refractivity contribution >= 4 is 23.1 Å². The molecule has 1 aromatic heterocycles. The Balaban J connectivity index is 0.000000541. The minimum atomic E-state index is -0.338. The van der Waals surface area contributed by atoms with Crippen molar-refractivity contribution in [3.05, 3.63) is 46.3 Å². The van der Waals surface area contributed by atoms with Crippen LogP contribution in [-0.4, -0.2) is 15.3 Å². The highest BCUT2D eigenvalue weighted by Gasteiger charge is 2.28. The number of ketones is 1. The largest absolute Gasteiger partial charge is 0.398 e. The molecule has 0 saturated heterocycles. The molecule has 1 aliphatic heterocycles. The van der Waals surface area contributed by atoms with Crippen LogP contribution in [0.3, 0.4) is 0 Å². The Labute approximate surface area is 166 Å². The molecule has 27 heavy (non-hydrogen) atoms. The van der Waals surface area contributed by atoms with E-state index in [-0.39, 0.29) is 22.5 Å². The molecule has 1 atom stereocenters. The third kappa shape index (κ3) is 5.55. The third-order valence-corrected chi connectivity index (χ3v) is 4.91. The summed E-state index contributed by atoms with van der Waals surface area (Å²) < 4.78 is 16.0. The van der Waals surface area contributed by atoms with Crippen molar-refractivity contribution in [3.8, 4) is 0 Å². The molecule has 0 radical (unpaired) electrons. The van der Waals surface area contributed by atoms with Gasteiger partial charge in [0.15, 0.2) is 5.78 Å². The lowest BCUT2D eigenvalue weighted by atomic mass is 9.89. The molecule has 1 aromatic carbocycles. The minimum absolute atomic E-state index is 0.0460. The van der Waals surface area contributed by atoms with E-state index in [4.69, 9.17) is 17.3 Å². The Kier molecular flexibility index (Phi) is 9.50. The number of nitrogens with two attached hydrogens (primary N) is 1. The van der Waals surface area contributed by atoms with E-state index in [0.29, 0.717) is 36.3 Å². The van der Waals surface area contributed by atoms with Crippen molar-refractivity contribution in [2.75, 3.05) is 5.73 Å². The van der Waals surface area contributed by atoms with Gasteiger partial charge in [-0.1, -0.05) is 52.1 Å². The van der Waals surface area contributed by atoms with Gasteiger partial charge in [-0.3, -0.25) is 4.79 Å². The molecule has 150 valence electrons. The summed E-state index contributed by atoms with van der Waals surface area (Å²) in [6.07, 6.45) is 5.66. The first-order valence-corrected chi connectivity index (χ1v) is 10.1. The predicted octanol–water partition coefficient (Wildman–Crippen LogP) is 6.02. The van der Waals surface area contributed by atoms with Gasteiger partial charge in [0.2, 0.25) is 0 Å². The zero-order chi connectivity index (χ0) is 20.6. The number of unbranched alkanes of at least 4 members (excludes halogenated alkanes) is 1. The number of benzene rings is 1. The highest BCUT2D eigenvalue weighted by Crippen LogP contribution is 2.37. The molecule has 0 spiro atoms. The van der Waals surface area contributed by atoms with Crippen LogP contribution in [0.1, 0.15) is 81.5 Å².